The molecule has 8 nitrogen and oxygen atoms in total. The number of carbonyl (C=O) groups excluding carboxylic acids is 2. The molecule has 0 unspecified atom stereocenters. The van der Waals surface area contributed by atoms with Gasteiger partial charge in [0.1, 0.15) is 11.2 Å². The normalized spacial score (nSPS) is 14.2. The summed E-state index contributed by atoms with van der Waals surface area (Å²) >= 11 is 1.33. The van der Waals surface area contributed by atoms with Gasteiger partial charge in [0.05, 0.1) is 7.11 Å². The molecule has 54 heavy (non-hydrogen) atoms. The number of rotatable bonds is 13. The van der Waals surface area contributed by atoms with Gasteiger partial charge in [-0.05, 0) is 40.7 Å². The number of hydrogen-bond acceptors (Lipinski definition) is 9. The molecule has 0 radical (unpaired) electrons. The molecule has 0 saturated heterocycles. The van der Waals surface area contributed by atoms with Crippen LogP contribution >= 0.6 is 11.3 Å². The standard InChI is InChI=1S/C45H41N3O5S/c1-51-42(50)44(30-18-7-19-31-44)53-48-39(41(49)52-40(33-20-8-2-9-21-33)34-22-10-3-11-23-34)38-32-54-43(46-38)47-45(35-24-12-4-13-25-35,36-26-14-5-15-27-36)37-28-16-6-17-29-37/h2-6,8-17,20-29,32,40H,7,18-19,30-31H2,1H3,(H,46,47)/b48-39-. The lowest BCUT2D eigenvalue weighted by Gasteiger charge is -2.36. The van der Waals surface area contributed by atoms with Crippen molar-refractivity contribution in [1.82, 2.24) is 4.98 Å². The zero-order chi connectivity index (χ0) is 37.2. The molecule has 1 saturated carbocycles. The van der Waals surface area contributed by atoms with Crippen molar-refractivity contribution in [2.75, 3.05) is 12.4 Å². The number of anilines is 1. The molecular weight excluding hydrogens is 695 g/mol. The average molecular weight is 736 g/mol. The van der Waals surface area contributed by atoms with Crippen LogP contribution in [0, 0.1) is 0 Å². The van der Waals surface area contributed by atoms with E-state index >= 15 is 0 Å². The van der Waals surface area contributed by atoms with E-state index < -0.39 is 29.2 Å². The molecule has 0 spiro atoms. The van der Waals surface area contributed by atoms with Crippen LogP contribution in [-0.4, -0.2) is 35.3 Å². The summed E-state index contributed by atoms with van der Waals surface area (Å²) in [6.45, 7) is 0. The Morgan fingerprint density at radius 3 is 1.63 bits per heavy atom. The Kier molecular flexibility index (Phi) is 11.3. The fraction of sp³-hybridized carbons (Fsp3) is 0.200. The molecule has 1 aliphatic rings. The van der Waals surface area contributed by atoms with Gasteiger partial charge in [-0.25, -0.2) is 14.6 Å². The van der Waals surface area contributed by atoms with Crippen molar-refractivity contribution < 1.29 is 23.9 Å². The maximum absolute atomic E-state index is 14.5. The van der Waals surface area contributed by atoms with Crippen molar-refractivity contribution >= 4 is 34.1 Å². The summed E-state index contributed by atoms with van der Waals surface area (Å²) < 4.78 is 11.5. The highest BCUT2D eigenvalue weighted by Gasteiger charge is 2.44. The first-order valence-electron chi connectivity index (χ1n) is 18.1. The van der Waals surface area contributed by atoms with Crippen molar-refractivity contribution in [1.29, 1.82) is 0 Å². The fourth-order valence-electron chi connectivity index (χ4n) is 7.09. The molecule has 7 rings (SSSR count). The number of thiazole rings is 1. The Labute approximate surface area is 319 Å². The molecule has 5 aromatic carbocycles. The lowest BCUT2D eigenvalue weighted by molar-refractivity contribution is -0.175. The largest absolute Gasteiger partial charge is 0.466 e. The molecule has 6 aromatic rings. The SMILES string of the molecule is COC(=O)C1(O/N=C(\C(=O)OC(c2ccccc2)c2ccccc2)c2csc(NC(c3ccccc3)(c3ccccc3)c3ccccc3)n2)CCCCC1. The Hall–Kier alpha value is -6.06. The van der Waals surface area contributed by atoms with Crippen molar-refractivity contribution in [3.8, 4) is 0 Å². The highest BCUT2D eigenvalue weighted by atomic mass is 32.1. The zero-order valence-electron chi connectivity index (χ0n) is 30.0. The Morgan fingerprint density at radius 2 is 1.17 bits per heavy atom. The monoisotopic (exact) mass is 735 g/mol. The highest BCUT2D eigenvalue weighted by Crippen LogP contribution is 2.41. The summed E-state index contributed by atoms with van der Waals surface area (Å²) in [5.74, 6) is -1.27. The van der Waals surface area contributed by atoms with E-state index in [0.29, 0.717) is 18.0 Å². The van der Waals surface area contributed by atoms with Crippen LogP contribution in [0.25, 0.3) is 0 Å². The van der Waals surface area contributed by atoms with E-state index in [9.17, 15) is 9.59 Å². The molecule has 1 aromatic heterocycles. The minimum absolute atomic E-state index is 0.158. The van der Waals surface area contributed by atoms with Gasteiger partial charge >= 0.3 is 11.9 Å². The second-order valence-electron chi connectivity index (χ2n) is 13.2. The first-order chi connectivity index (χ1) is 26.5. The van der Waals surface area contributed by atoms with Gasteiger partial charge in [0, 0.05) is 18.2 Å². The maximum atomic E-state index is 14.5. The van der Waals surface area contributed by atoms with Gasteiger partial charge in [0.15, 0.2) is 11.2 Å². The molecule has 0 bridgehead atoms. The number of carbonyl (C=O) groups is 2. The summed E-state index contributed by atoms with van der Waals surface area (Å²) in [6.07, 6.45) is 2.58. The van der Waals surface area contributed by atoms with Gasteiger partial charge in [-0.15, -0.1) is 11.3 Å². The molecule has 0 aliphatic heterocycles. The number of nitrogens with zero attached hydrogens (tertiary/aromatic N) is 2. The molecule has 0 amide bonds. The van der Waals surface area contributed by atoms with Crippen molar-refractivity contribution in [2.45, 2.75) is 49.3 Å². The second-order valence-corrected chi connectivity index (χ2v) is 14.1. The topological polar surface area (TPSA) is 99.1 Å². The first kappa shape index (κ1) is 36.3. The number of esters is 2. The molecule has 1 N–H and O–H groups in total. The molecule has 1 heterocycles. The van der Waals surface area contributed by atoms with Gasteiger partial charge in [0.25, 0.3) is 0 Å². The van der Waals surface area contributed by atoms with Crippen molar-refractivity contribution in [3.05, 3.63) is 191 Å². The van der Waals surface area contributed by atoms with Crippen LogP contribution in [-0.2, 0) is 29.4 Å². The third-order valence-electron chi connectivity index (χ3n) is 9.81. The number of aromatic nitrogens is 1. The highest BCUT2D eigenvalue weighted by molar-refractivity contribution is 7.14. The van der Waals surface area contributed by atoms with E-state index in [-0.39, 0.29) is 11.4 Å². The third kappa shape index (κ3) is 7.68. The van der Waals surface area contributed by atoms with Gasteiger partial charge in [-0.1, -0.05) is 163 Å². The summed E-state index contributed by atoms with van der Waals surface area (Å²) in [5.41, 5.74) is 2.49. The predicted molar refractivity (Wildman–Crippen MR) is 211 cm³/mol. The summed E-state index contributed by atoms with van der Waals surface area (Å²) in [7, 11) is 1.34. The van der Waals surface area contributed by atoms with Crippen LogP contribution in [0.15, 0.2) is 162 Å². The summed E-state index contributed by atoms with van der Waals surface area (Å²) in [6, 6.07) is 49.7. The Morgan fingerprint density at radius 1 is 0.704 bits per heavy atom. The number of methoxy groups -OCH3 is 1. The zero-order valence-corrected chi connectivity index (χ0v) is 30.8. The van der Waals surface area contributed by atoms with Crippen LogP contribution in [0.5, 0.6) is 0 Å². The number of benzene rings is 5. The molecule has 1 fully saturated rings. The lowest BCUT2D eigenvalue weighted by Crippen LogP contribution is -2.43. The fourth-order valence-corrected chi connectivity index (χ4v) is 7.84. The van der Waals surface area contributed by atoms with Crippen LogP contribution in [0.4, 0.5) is 5.13 Å². The number of nitrogens with one attached hydrogen (secondary N) is 1. The van der Waals surface area contributed by atoms with Crippen LogP contribution < -0.4 is 5.32 Å². The van der Waals surface area contributed by atoms with Gasteiger partial charge in [-0.2, -0.15) is 0 Å². The summed E-state index contributed by atoms with van der Waals surface area (Å²) in [4.78, 5) is 38.7. The van der Waals surface area contributed by atoms with Crippen molar-refractivity contribution in [3.63, 3.8) is 0 Å². The first-order valence-corrected chi connectivity index (χ1v) is 19.0. The van der Waals surface area contributed by atoms with Crippen LogP contribution in [0.2, 0.25) is 0 Å². The maximum Gasteiger partial charge on any atom is 0.363 e. The molecule has 272 valence electrons. The van der Waals surface area contributed by atoms with E-state index in [1.165, 1.54) is 18.4 Å². The Balaban J connectivity index is 1.31. The van der Waals surface area contributed by atoms with Gasteiger partial charge < -0.3 is 19.6 Å². The third-order valence-corrected chi connectivity index (χ3v) is 10.6. The molecule has 0 atom stereocenters. The smallest absolute Gasteiger partial charge is 0.363 e. The number of hydrogen-bond donors (Lipinski definition) is 1. The predicted octanol–water partition coefficient (Wildman–Crippen LogP) is 9.48. The van der Waals surface area contributed by atoms with Crippen LogP contribution in [0.1, 0.15) is 71.7 Å². The van der Waals surface area contributed by atoms with Gasteiger partial charge in [-0.3, -0.25) is 0 Å². The lowest BCUT2D eigenvalue weighted by atomic mass is 9.77. The average Bonchev–Trinajstić information content (AvgIpc) is 3.71. The van der Waals surface area contributed by atoms with E-state index in [4.69, 9.17) is 19.3 Å². The van der Waals surface area contributed by atoms with Crippen molar-refractivity contribution in [2.24, 2.45) is 5.16 Å². The van der Waals surface area contributed by atoms with E-state index in [0.717, 1.165) is 47.1 Å². The number of ether oxygens (including phenoxy) is 2. The van der Waals surface area contributed by atoms with Crippen LogP contribution in [0.3, 0.4) is 0 Å². The summed E-state index contributed by atoms with van der Waals surface area (Å²) in [5, 5.41) is 10.5. The Bertz CT molecular complexity index is 2020. The minimum atomic E-state index is -1.32. The molecule has 9 heteroatoms. The van der Waals surface area contributed by atoms with E-state index in [1.807, 2.05) is 115 Å². The minimum Gasteiger partial charge on any atom is -0.466 e. The van der Waals surface area contributed by atoms with Gasteiger partial charge in [0.2, 0.25) is 11.3 Å². The van der Waals surface area contributed by atoms with E-state index in [2.05, 4.69) is 46.9 Å². The van der Waals surface area contributed by atoms with E-state index in [1.54, 1.807) is 5.38 Å². The second kappa shape index (κ2) is 16.7. The quantitative estimate of drug-likeness (QED) is 0.0546. The number of oxime groups is 1. The molecular formula is C45H41N3O5S. The molecule has 1 aliphatic carbocycles.